The highest BCUT2D eigenvalue weighted by atomic mass is 32.2. The van der Waals surface area contributed by atoms with E-state index in [4.69, 9.17) is 5.26 Å². The minimum Gasteiger partial charge on any atom is -0.332 e. The highest BCUT2D eigenvalue weighted by Gasteiger charge is 2.51. The molecule has 0 saturated carbocycles. The second-order valence-corrected chi connectivity index (χ2v) is 7.59. The Bertz CT molecular complexity index is 489. The van der Waals surface area contributed by atoms with Crippen molar-refractivity contribution in [2.75, 3.05) is 11.5 Å². The molecular weight excluding hydrogens is 240 g/mol. The largest absolute Gasteiger partial charge is 0.332 e. The maximum atomic E-state index is 11.9. The lowest BCUT2D eigenvalue weighted by atomic mass is 9.89. The van der Waals surface area contributed by atoms with Crippen LogP contribution < -0.4 is 0 Å². The van der Waals surface area contributed by atoms with Gasteiger partial charge in [-0.3, -0.25) is 4.79 Å². The molecule has 6 heteroatoms. The Labute approximate surface area is 101 Å². The van der Waals surface area contributed by atoms with Gasteiger partial charge in [0, 0.05) is 12.5 Å². The maximum Gasteiger partial charge on any atom is 0.224 e. The minimum atomic E-state index is -3.01. The molecule has 2 heterocycles. The summed E-state index contributed by atoms with van der Waals surface area (Å²) >= 11 is 0. The first kappa shape index (κ1) is 12.4. The molecule has 2 aliphatic rings. The van der Waals surface area contributed by atoms with Crippen molar-refractivity contribution in [3.8, 4) is 6.07 Å². The molecule has 5 nitrogen and oxygen atoms in total. The second kappa shape index (κ2) is 3.70. The lowest BCUT2D eigenvalue weighted by Gasteiger charge is -2.37. The van der Waals surface area contributed by atoms with Gasteiger partial charge in [-0.05, 0) is 20.3 Å². The van der Waals surface area contributed by atoms with Crippen LogP contribution in [0.2, 0.25) is 0 Å². The van der Waals surface area contributed by atoms with Crippen LogP contribution in [0.3, 0.4) is 0 Å². The number of carbonyl (C=O) groups excluding carboxylic acids is 1. The zero-order chi connectivity index (χ0) is 12.8. The summed E-state index contributed by atoms with van der Waals surface area (Å²) in [6.45, 7) is 3.69. The molecule has 2 saturated heterocycles. The topological polar surface area (TPSA) is 78.2 Å². The van der Waals surface area contributed by atoms with Gasteiger partial charge in [0.1, 0.15) is 0 Å². The number of sulfone groups is 1. The van der Waals surface area contributed by atoms with Crippen molar-refractivity contribution in [3.63, 3.8) is 0 Å². The molecule has 1 amide bonds. The number of hydrogen-bond donors (Lipinski definition) is 0. The van der Waals surface area contributed by atoms with E-state index in [9.17, 15) is 13.2 Å². The molecule has 2 aliphatic heterocycles. The molecule has 17 heavy (non-hydrogen) atoms. The molecule has 0 N–H and O–H groups in total. The zero-order valence-corrected chi connectivity index (χ0v) is 10.8. The fraction of sp³-hybridized carbons (Fsp3) is 0.818. The molecule has 0 radical (unpaired) electrons. The number of nitriles is 1. The van der Waals surface area contributed by atoms with Crippen LogP contribution in [0.1, 0.15) is 26.7 Å². The van der Waals surface area contributed by atoms with Gasteiger partial charge < -0.3 is 4.90 Å². The molecular formula is C11H16N2O3S. The molecule has 0 aromatic rings. The van der Waals surface area contributed by atoms with Crippen molar-refractivity contribution in [2.45, 2.75) is 38.3 Å². The van der Waals surface area contributed by atoms with Crippen molar-refractivity contribution in [1.82, 2.24) is 4.90 Å². The third-order valence-corrected chi connectivity index (χ3v) is 5.60. The second-order valence-electron chi connectivity index (χ2n) is 5.36. The standard InChI is InChI=1S/C11H16N2O3S/c1-11(2)8(6-12)5-10(14)13(11)9-3-4-17(15,16)7-9/h8-9H,3-5,7H2,1-2H3. The highest BCUT2D eigenvalue weighted by molar-refractivity contribution is 7.91. The Kier molecular flexibility index (Phi) is 2.69. The normalized spacial score (nSPS) is 34.9. The molecule has 0 aliphatic carbocycles. The summed E-state index contributed by atoms with van der Waals surface area (Å²) in [5.74, 6) is -0.253. The Hall–Kier alpha value is -1.09. The summed E-state index contributed by atoms with van der Waals surface area (Å²) in [6.07, 6.45) is 0.704. The van der Waals surface area contributed by atoms with Gasteiger partial charge in [-0.25, -0.2) is 8.42 Å². The van der Waals surface area contributed by atoms with Crippen LogP contribution in [0.4, 0.5) is 0 Å². The number of nitrogens with zero attached hydrogens (tertiary/aromatic N) is 2. The summed E-state index contributed by atoms with van der Waals surface area (Å²) in [4.78, 5) is 13.6. The van der Waals surface area contributed by atoms with Crippen LogP contribution in [0.5, 0.6) is 0 Å². The zero-order valence-electron chi connectivity index (χ0n) is 10.0. The summed E-state index contributed by atoms with van der Waals surface area (Å²) in [7, 11) is -3.01. The molecule has 2 fully saturated rings. The first-order valence-corrected chi connectivity index (χ1v) is 7.52. The number of amides is 1. The number of hydrogen-bond acceptors (Lipinski definition) is 4. The Morgan fingerprint density at radius 2 is 2.12 bits per heavy atom. The molecule has 2 rings (SSSR count). The maximum absolute atomic E-state index is 11.9. The van der Waals surface area contributed by atoms with Crippen LogP contribution in [0.25, 0.3) is 0 Å². The fourth-order valence-corrected chi connectivity index (χ4v) is 4.57. The van der Waals surface area contributed by atoms with Crippen LogP contribution in [-0.4, -0.2) is 42.3 Å². The van der Waals surface area contributed by atoms with E-state index in [1.54, 1.807) is 4.90 Å². The molecule has 94 valence electrons. The van der Waals surface area contributed by atoms with E-state index < -0.39 is 15.4 Å². The minimum absolute atomic E-state index is 0.0420. The summed E-state index contributed by atoms with van der Waals surface area (Å²) in [5.41, 5.74) is -0.559. The summed E-state index contributed by atoms with van der Waals surface area (Å²) in [6, 6.07) is 1.90. The monoisotopic (exact) mass is 256 g/mol. The predicted molar refractivity (Wildman–Crippen MR) is 61.7 cm³/mol. The van der Waals surface area contributed by atoms with Crippen molar-refractivity contribution < 1.29 is 13.2 Å². The quantitative estimate of drug-likeness (QED) is 0.677. The molecule has 0 aromatic carbocycles. The summed E-state index contributed by atoms with van der Waals surface area (Å²) in [5, 5.41) is 9.04. The highest BCUT2D eigenvalue weighted by Crippen LogP contribution is 2.38. The van der Waals surface area contributed by atoms with Crippen LogP contribution in [-0.2, 0) is 14.6 Å². The predicted octanol–water partition coefficient (Wildman–Crippen LogP) is 0.324. The Morgan fingerprint density at radius 3 is 2.53 bits per heavy atom. The Morgan fingerprint density at radius 1 is 1.47 bits per heavy atom. The van der Waals surface area contributed by atoms with Crippen LogP contribution in [0.15, 0.2) is 0 Å². The molecule has 0 aromatic heterocycles. The number of likely N-dealkylation sites (tertiary alicyclic amines) is 1. The van der Waals surface area contributed by atoms with E-state index in [0.717, 1.165) is 0 Å². The van der Waals surface area contributed by atoms with E-state index in [-0.39, 0.29) is 35.8 Å². The van der Waals surface area contributed by atoms with Gasteiger partial charge in [-0.15, -0.1) is 0 Å². The smallest absolute Gasteiger partial charge is 0.224 e. The number of carbonyl (C=O) groups is 1. The van der Waals surface area contributed by atoms with Gasteiger partial charge in [0.05, 0.1) is 29.0 Å². The fourth-order valence-electron chi connectivity index (χ4n) is 2.87. The first-order chi connectivity index (χ1) is 7.78. The van der Waals surface area contributed by atoms with Crippen LogP contribution >= 0.6 is 0 Å². The summed E-state index contributed by atoms with van der Waals surface area (Å²) < 4.78 is 22.9. The van der Waals surface area contributed by atoms with Gasteiger partial charge in [0.2, 0.25) is 5.91 Å². The molecule has 0 spiro atoms. The van der Waals surface area contributed by atoms with Gasteiger partial charge in [0.25, 0.3) is 0 Å². The average molecular weight is 256 g/mol. The van der Waals surface area contributed by atoms with Crippen molar-refractivity contribution >= 4 is 15.7 Å². The van der Waals surface area contributed by atoms with E-state index >= 15 is 0 Å². The Balaban J connectivity index is 2.28. The lowest BCUT2D eigenvalue weighted by Crippen LogP contribution is -2.50. The molecule has 0 bridgehead atoms. The number of rotatable bonds is 1. The SMILES string of the molecule is CC1(C)C(C#N)CC(=O)N1C1CCS(=O)(=O)C1. The third-order valence-electron chi connectivity index (χ3n) is 3.85. The van der Waals surface area contributed by atoms with E-state index in [2.05, 4.69) is 6.07 Å². The van der Waals surface area contributed by atoms with Gasteiger partial charge in [-0.1, -0.05) is 0 Å². The lowest BCUT2D eigenvalue weighted by molar-refractivity contribution is -0.132. The van der Waals surface area contributed by atoms with E-state index in [1.165, 1.54) is 0 Å². The van der Waals surface area contributed by atoms with Gasteiger partial charge in [-0.2, -0.15) is 5.26 Å². The average Bonchev–Trinajstić information content (AvgIpc) is 2.64. The first-order valence-electron chi connectivity index (χ1n) is 5.70. The molecule has 2 unspecified atom stereocenters. The van der Waals surface area contributed by atoms with Gasteiger partial charge >= 0.3 is 0 Å². The van der Waals surface area contributed by atoms with Crippen molar-refractivity contribution in [1.29, 1.82) is 5.26 Å². The van der Waals surface area contributed by atoms with E-state index in [0.29, 0.717) is 6.42 Å². The van der Waals surface area contributed by atoms with Gasteiger partial charge in [0.15, 0.2) is 9.84 Å². The van der Waals surface area contributed by atoms with Crippen molar-refractivity contribution in [2.24, 2.45) is 5.92 Å². The third kappa shape index (κ3) is 1.93. The molecule has 2 atom stereocenters. The van der Waals surface area contributed by atoms with E-state index in [1.807, 2.05) is 13.8 Å². The van der Waals surface area contributed by atoms with Crippen LogP contribution in [0, 0.1) is 17.2 Å². The van der Waals surface area contributed by atoms with Crippen molar-refractivity contribution in [3.05, 3.63) is 0 Å².